The Hall–Kier alpha value is -1.91. The van der Waals surface area contributed by atoms with E-state index in [9.17, 15) is 10.2 Å². The van der Waals surface area contributed by atoms with Crippen LogP contribution >= 0.6 is 0 Å². The van der Waals surface area contributed by atoms with E-state index in [0.29, 0.717) is 13.1 Å². The van der Waals surface area contributed by atoms with Crippen molar-refractivity contribution in [3.63, 3.8) is 0 Å². The van der Waals surface area contributed by atoms with Crippen molar-refractivity contribution >= 4 is 0 Å². The number of para-hydroxylation sites is 1. The van der Waals surface area contributed by atoms with Gasteiger partial charge in [0.25, 0.3) is 0 Å². The zero-order valence-corrected chi connectivity index (χ0v) is 12.5. The monoisotopic (exact) mass is 286 g/mol. The third kappa shape index (κ3) is 4.03. The molecule has 2 rings (SSSR count). The van der Waals surface area contributed by atoms with E-state index >= 15 is 0 Å². The molecule has 0 fully saturated rings. The molecule has 0 amide bonds. The number of pyridine rings is 1. The molecule has 0 atom stereocenters. The first-order valence-electron chi connectivity index (χ1n) is 7.05. The van der Waals surface area contributed by atoms with Gasteiger partial charge in [-0.15, -0.1) is 0 Å². The van der Waals surface area contributed by atoms with Gasteiger partial charge < -0.3 is 10.2 Å². The van der Waals surface area contributed by atoms with Crippen molar-refractivity contribution < 1.29 is 10.2 Å². The van der Waals surface area contributed by atoms with Gasteiger partial charge in [0.05, 0.1) is 12.3 Å². The Labute approximate surface area is 125 Å². The number of hydrogen-bond donors (Lipinski definition) is 2. The lowest BCUT2D eigenvalue weighted by Crippen LogP contribution is -2.45. The smallest absolute Gasteiger partial charge is 0.120 e. The van der Waals surface area contributed by atoms with Crippen LogP contribution < -0.4 is 0 Å². The predicted octanol–water partition coefficient (Wildman–Crippen LogP) is 2.56. The molecule has 0 saturated heterocycles. The van der Waals surface area contributed by atoms with Gasteiger partial charge in [0.2, 0.25) is 0 Å². The van der Waals surface area contributed by atoms with Crippen molar-refractivity contribution in [2.75, 3.05) is 6.61 Å². The van der Waals surface area contributed by atoms with Crippen LogP contribution in [0.15, 0.2) is 48.7 Å². The lowest BCUT2D eigenvalue weighted by atomic mass is 10.0. The van der Waals surface area contributed by atoms with E-state index in [1.165, 1.54) is 0 Å². The molecule has 2 aromatic rings. The average Bonchev–Trinajstić information content (AvgIpc) is 2.50. The Balaban J connectivity index is 2.23. The largest absolute Gasteiger partial charge is 0.508 e. The van der Waals surface area contributed by atoms with Gasteiger partial charge in [0.15, 0.2) is 0 Å². The lowest BCUT2D eigenvalue weighted by Gasteiger charge is -2.37. The number of aliphatic hydroxyl groups excluding tert-OH is 1. The summed E-state index contributed by atoms with van der Waals surface area (Å²) < 4.78 is 0. The van der Waals surface area contributed by atoms with Crippen molar-refractivity contribution in [3.8, 4) is 5.75 Å². The Morgan fingerprint density at radius 2 is 1.76 bits per heavy atom. The fraction of sp³-hybridized carbons (Fsp3) is 0.353. The minimum atomic E-state index is -0.403. The number of hydrogen-bond acceptors (Lipinski definition) is 4. The molecule has 0 saturated carbocycles. The number of aromatic hydroxyl groups is 1. The molecule has 0 unspecified atom stereocenters. The summed E-state index contributed by atoms with van der Waals surface area (Å²) in [5, 5.41) is 19.6. The standard InChI is InChI=1S/C17H22N2O2/c1-17(2,13-20)19(12-15-8-5-6-10-18-15)11-14-7-3-4-9-16(14)21/h3-10,20-21H,11-13H2,1-2H3. The first kappa shape index (κ1) is 15.5. The van der Waals surface area contributed by atoms with Crippen molar-refractivity contribution in [3.05, 3.63) is 59.9 Å². The number of aliphatic hydroxyl groups is 1. The quantitative estimate of drug-likeness (QED) is 0.857. The first-order chi connectivity index (χ1) is 10.0. The molecule has 21 heavy (non-hydrogen) atoms. The second-order valence-corrected chi connectivity index (χ2v) is 5.78. The minimum absolute atomic E-state index is 0.0351. The summed E-state index contributed by atoms with van der Waals surface area (Å²) in [7, 11) is 0. The summed E-state index contributed by atoms with van der Waals surface area (Å²) in [5.74, 6) is 0.275. The maximum atomic E-state index is 9.96. The summed E-state index contributed by atoms with van der Waals surface area (Å²) >= 11 is 0. The van der Waals surface area contributed by atoms with Gasteiger partial charge in [0, 0.05) is 30.4 Å². The van der Waals surface area contributed by atoms with Gasteiger partial charge in [-0.1, -0.05) is 24.3 Å². The van der Waals surface area contributed by atoms with Crippen molar-refractivity contribution in [1.29, 1.82) is 0 Å². The van der Waals surface area contributed by atoms with Gasteiger partial charge >= 0.3 is 0 Å². The SMILES string of the molecule is CC(C)(CO)N(Cc1ccccn1)Cc1ccccc1O. The fourth-order valence-electron chi connectivity index (χ4n) is 2.12. The molecule has 0 bridgehead atoms. The molecule has 0 spiro atoms. The Morgan fingerprint density at radius 3 is 2.38 bits per heavy atom. The van der Waals surface area contributed by atoms with E-state index in [4.69, 9.17) is 0 Å². The normalized spacial score (nSPS) is 11.8. The molecule has 1 heterocycles. The number of aromatic nitrogens is 1. The number of phenolic OH excluding ortho intramolecular Hbond substituents is 1. The van der Waals surface area contributed by atoms with Gasteiger partial charge in [-0.3, -0.25) is 9.88 Å². The zero-order valence-electron chi connectivity index (χ0n) is 12.5. The highest BCUT2D eigenvalue weighted by Gasteiger charge is 2.27. The van der Waals surface area contributed by atoms with E-state index in [-0.39, 0.29) is 12.4 Å². The molecule has 0 radical (unpaired) electrons. The molecule has 1 aromatic heterocycles. The Bertz CT molecular complexity index is 570. The molecule has 0 aliphatic rings. The van der Waals surface area contributed by atoms with Gasteiger partial charge in [-0.2, -0.15) is 0 Å². The molecule has 4 nitrogen and oxygen atoms in total. The molecule has 2 N–H and O–H groups in total. The summed E-state index contributed by atoms with van der Waals surface area (Å²) in [6, 6.07) is 13.1. The molecular weight excluding hydrogens is 264 g/mol. The second-order valence-electron chi connectivity index (χ2n) is 5.78. The number of rotatable bonds is 6. The lowest BCUT2D eigenvalue weighted by molar-refractivity contribution is 0.0425. The van der Waals surface area contributed by atoms with Crippen LogP contribution in [-0.4, -0.2) is 32.2 Å². The predicted molar refractivity (Wildman–Crippen MR) is 82.8 cm³/mol. The van der Waals surface area contributed by atoms with Crippen LogP contribution in [0.25, 0.3) is 0 Å². The minimum Gasteiger partial charge on any atom is -0.508 e. The number of benzene rings is 1. The highest BCUT2D eigenvalue weighted by Crippen LogP contribution is 2.24. The summed E-state index contributed by atoms with van der Waals surface area (Å²) in [6.07, 6.45) is 1.76. The van der Waals surface area contributed by atoms with E-state index in [1.54, 1.807) is 18.3 Å². The highest BCUT2D eigenvalue weighted by atomic mass is 16.3. The van der Waals surface area contributed by atoms with Gasteiger partial charge in [-0.25, -0.2) is 0 Å². The van der Waals surface area contributed by atoms with Crippen LogP contribution in [0.2, 0.25) is 0 Å². The Morgan fingerprint density at radius 1 is 1.05 bits per heavy atom. The summed E-state index contributed by atoms with van der Waals surface area (Å²) in [4.78, 5) is 6.46. The molecule has 4 heteroatoms. The molecule has 0 aliphatic heterocycles. The van der Waals surface area contributed by atoms with Crippen molar-refractivity contribution in [2.45, 2.75) is 32.5 Å². The van der Waals surface area contributed by atoms with Crippen LogP contribution in [0.5, 0.6) is 5.75 Å². The second kappa shape index (κ2) is 6.70. The first-order valence-corrected chi connectivity index (χ1v) is 7.05. The molecular formula is C17H22N2O2. The number of nitrogens with zero attached hydrogens (tertiary/aromatic N) is 2. The maximum Gasteiger partial charge on any atom is 0.120 e. The van der Waals surface area contributed by atoms with Gasteiger partial charge in [-0.05, 0) is 32.0 Å². The average molecular weight is 286 g/mol. The third-order valence-electron chi connectivity index (χ3n) is 3.67. The highest BCUT2D eigenvalue weighted by molar-refractivity contribution is 5.31. The topological polar surface area (TPSA) is 56.6 Å². The van der Waals surface area contributed by atoms with E-state index < -0.39 is 5.54 Å². The van der Waals surface area contributed by atoms with Crippen molar-refractivity contribution in [1.82, 2.24) is 9.88 Å². The van der Waals surface area contributed by atoms with Crippen molar-refractivity contribution in [2.24, 2.45) is 0 Å². The molecule has 1 aromatic carbocycles. The van der Waals surface area contributed by atoms with E-state index in [0.717, 1.165) is 11.3 Å². The van der Waals surface area contributed by atoms with E-state index in [2.05, 4.69) is 9.88 Å². The van der Waals surface area contributed by atoms with Crippen LogP contribution in [0.4, 0.5) is 0 Å². The third-order valence-corrected chi connectivity index (χ3v) is 3.67. The van der Waals surface area contributed by atoms with Crippen LogP contribution in [-0.2, 0) is 13.1 Å². The van der Waals surface area contributed by atoms with Gasteiger partial charge in [0.1, 0.15) is 5.75 Å². The summed E-state index contributed by atoms with van der Waals surface area (Å²) in [5.41, 5.74) is 1.38. The maximum absolute atomic E-state index is 9.96. The Kier molecular flexibility index (Phi) is 4.94. The number of phenols is 1. The molecule has 112 valence electrons. The zero-order chi connectivity index (χ0) is 15.3. The van der Waals surface area contributed by atoms with E-state index in [1.807, 2.05) is 44.2 Å². The molecule has 0 aliphatic carbocycles. The van der Waals surface area contributed by atoms with Crippen LogP contribution in [0.3, 0.4) is 0 Å². The van der Waals surface area contributed by atoms with Crippen LogP contribution in [0.1, 0.15) is 25.1 Å². The fourth-order valence-corrected chi connectivity index (χ4v) is 2.12. The summed E-state index contributed by atoms with van der Waals surface area (Å²) in [6.45, 7) is 5.17. The van der Waals surface area contributed by atoms with Crippen LogP contribution in [0, 0.1) is 0 Å².